The summed E-state index contributed by atoms with van der Waals surface area (Å²) in [4.78, 5) is 22.7. The van der Waals surface area contributed by atoms with E-state index in [0.717, 1.165) is 0 Å². The van der Waals surface area contributed by atoms with Crippen LogP contribution in [0, 0.1) is 0 Å². The van der Waals surface area contributed by atoms with E-state index in [1.807, 2.05) is 0 Å². The summed E-state index contributed by atoms with van der Waals surface area (Å²) in [6, 6.07) is 4.88. The lowest BCUT2D eigenvalue weighted by atomic mass is 10.2. The molecule has 0 unspecified atom stereocenters. The number of hydrogen-bond acceptors (Lipinski definition) is 5. The summed E-state index contributed by atoms with van der Waals surface area (Å²) in [5.74, 6) is -1.20. The van der Waals surface area contributed by atoms with Gasteiger partial charge in [0.25, 0.3) is 5.91 Å². The average Bonchev–Trinajstić information content (AvgIpc) is 2.41. The Morgan fingerprint density at radius 2 is 1.90 bits per heavy atom. The maximum atomic E-state index is 11.6. The number of esters is 1. The molecule has 1 amide bonds. The lowest BCUT2D eigenvalue weighted by molar-refractivity contribution is -0.124. The summed E-state index contributed by atoms with van der Waals surface area (Å²) in [7, 11) is -3.81. The lowest BCUT2D eigenvalue weighted by Crippen LogP contribution is -2.28. The molecule has 7 nitrogen and oxygen atoms in total. The fourth-order valence-corrected chi connectivity index (χ4v) is 1.75. The van der Waals surface area contributed by atoms with Crippen LogP contribution in [0.1, 0.15) is 10.4 Å². The van der Waals surface area contributed by atoms with Gasteiger partial charge < -0.3 is 10.1 Å². The number of amides is 1. The molecule has 0 fully saturated rings. The molecule has 0 radical (unpaired) electrons. The first-order valence-corrected chi connectivity index (χ1v) is 7.07. The highest BCUT2D eigenvalue weighted by Crippen LogP contribution is 2.09. The zero-order chi connectivity index (χ0) is 15.2. The van der Waals surface area contributed by atoms with Gasteiger partial charge in [-0.25, -0.2) is 18.4 Å². The van der Waals surface area contributed by atoms with Gasteiger partial charge in [0.1, 0.15) is 0 Å². The number of benzene rings is 1. The second kappa shape index (κ2) is 6.83. The zero-order valence-electron chi connectivity index (χ0n) is 10.5. The highest BCUT2D eigenvalue weighted by atomic mass is 32.2. The molecule has 0 saturated carbocycles. The van der Waals surface area contributed by atoms with E-state index in [1.54, 1.807) is 0 Å². The van der Waals surface area contributed by atoms with Crippen molar-refractivity contribution < 1.29 is 22.7 Å². The Hall–Kier alpha value is -2.19. The fourth-order valence-electron chi connectivity index (χ4n) is 1.23. The molecule has 0 atom stereocenters. The van der Waals surface area contributed by atoms with Crippen LogP contribution >= 0.6 is 0 Å². The van der Waals surface area contributed by atoms with E-state index in [-0.39, 0.29) is 17.0 Å². The molecule has 0 saturated heterocycles. The smallest absolute Gasteiger partial charge is 0.338 e. The molecular formula is C12H14N2O5S. The number of ether oxygens (including phenoxy) is 1. The highest BCUT2D eigenvalue weighted by molar-refractivity contribution is 7.89. The SMILES string of the molecule is C=CCNC(=O)COC(=O)c1ccc(S(N)(=O)=O)cc1. The zero-order valence-corrected chi connectivity index (χ0v) is 11.4. The van der Waals surface area contributed by atoms with Gasteiger partial charge in [0.05, 0.1) is 10.5 Å². The van der Waals surface area contributed by atoms with Crippen molar-refractivity contribution in [3.8, 4) is 0 Å². The van der Waals surface area contributed by atoms with E-state index >= 15 is 0 Å². The third-order valence-electron chi connectivity index (χ3n) is 2.20. The van der Waals surface area contributed by atoms with Gasteiger partial charge in [0.2, 0.25) is 10.0 Å². The van der Waals surface area contributed by atoms with E-state index in [0.29, 0.717) is 0 Å². The summed E-state index contributed by atoms with van der Waals surface area (Å²) in [6.07, 6.45) is 1.49. The summed E-state index contributed by atoms with van der Waals surface area (Å²) >= 11 is 0. The number of primary sulfonamides is 1. The van der Waals surface area contributed by atoms with Crippen molar-refractivity contribution in [3.63, 3.8) is 0 Å². The predicted octanol–water partition coefficient (Wildman–Crippen LogP) is -0.207. The molecule has 0 heterocycles. The van der Waals surface area contributed by atoms with Crippen LogP contribution in [0.3, 0.4) is 0 Å². The molecule has 8 heteroatoms. The number of nitrogens with one attached hydrogen (secondary N) is 1. The van der Waals surface area contributed by atoms with Gasteiger partial charge in [-0.1, -0.05) is 6.08 Å². The molecule has 0 aliphatic carbocycles. The van der Waals surface area contributed by atoms with Gasteiger partial charge in [-0.3, -0.25) is 4.79 Å². The molecule has 0 bridgehead atoms. The van der Waals surface area contributed by atoms with Crippen molar-refractivity contribution in [3.05, 3.63) is 42.5 Å². The van der Waals surface area contributed by atoms with Crippen molar-refractivity contribution in [2.45, 2.75) is 4.90 Å². The number of sulfonamides is 1. The molecule has 1 aromatic carbocycles. The van der Waals surface area contributed by atoms with Gasteiger partial charge in [-0.05, 0) is 24.3 Å². The minimum Gasteiger partial charge on any atom is -0.452 e. The molecule has 20 heavy (non-hydrogen) atoms. The van der Waals surface area contributed by atoms with Crippen LogP contribution in [0.2, 0.25) is 0 Å². The predicted molar refractivity (Wildman–Crippen MR) is 71.3 cm³/mol. The van der Waals surface area contributed by atoms with Crippen molar-refractivity contribution in [1.29, 1.82) is 0 Å². The molecule has 0 aliphatic rings. The quantitative estimate of drug-likeness (QED) is 0.557. The van der Waals surface area contributed by atoms with E-state index in [2.05, 4.69) is 11.9 Å². The van der Waals surface area contributed by atoms with Crippen LogP contribution in [-0.2, 0) is 19.6 Å². The van der Waals surface area contributed by atoms with Crippen LogP contribution in [0.25, 0.3) is 0 Å². The number of hydrogen-bond donors (Lipinski definition) is 2. The van der Waals surface area contributed by atoms with Gasteiger partial charge in [0, 0.05) is 6.54 Å². The fraction of sp³-hybridized carbons (Fsp3) is 0.167. The monoisotopic (exact) mass is 298 g/mol. The Labute approximate surface area is 116 Å². The summed E-state index contributed by atoms with van der Waals surface area (Å²) < 4.78 is 26.8. The van der Waals surface area contributed by atoms with Crippen molar-refractivity contribution in [2.75, 3.05) is 13.2 Å². The minimum atomic E-state index is -3.81. The Bertz CT molecular complexity index is 607. The van der Waals surface area contributed by atoms with E-state index < -0.39 is 28.5 Å². The van der Waals surface area contributed by atoms with Crippen molar-refractivity contribution in [2.24, 2.45) is 5.14 Å². The third kappa shape index (κ3) is 4.82. The second-order valence-electron chi connectivity index (χ2n) is 3.74. The van der Waals surface area contributed by atoms with Crippen LogP contribution in [-0.4, -0.2) is 33.4 Å². The first-order valence-electron chi connectivity index (χ1n) is 5.52. The largest absolute Gasteiger partial charge is 0.452 e. The van der Waals surface area contributed by atoms with Gasteiger partial charge in [-0.15, -0.1) is 6.58 Å². The highest BCUT2D eigenvalue weighted by Gasteiger charge is 2.12. The normalized spacial score (nSPS) is 10.7. The Kier molecular flexibility index (Phi) is 5.42. The molecule has 1 rings (SSSR count). The number of carbonyl (C=O) groups is 2. The van der Waals surface area contributed by atoms with Crippen LogP contribution in [0.4, 0.5) is 0 Å². The molecule has 3 N–H and O–H groups in total. The van der Waals surface area contributed by atoms with E-state index in [1.165, 1.54) is 30.3 Å². The molecule has 0 spiro atoms. The molecular weight excluding hydrogens is 284 g/mol. The maximum absolute atomic E-state index is 11.6. The maximum Gasteiger partial charge on any atom is 0.338 e. The van der Waals surface area contributed by atoms with E-state index in [4.69, 9.17) is 9.88 Å². The standard InChI is InChI=1S/C12H14N2O5S/c1-2-7-14-11(15)8-19-12(16)9-3-5-10(6-4-9)20(13,17)18/h2-6H,1,7-8H2,(H,14,15)(H2,13,17,18). The van der Waals surface area contributed by atoms with Gasteiger partial charge in [0.15, 0.2) is 6.61 Å². The Morgan fingerprint density at radius 1 is 1.30 bits per heavy atom. The first kappa shape index (κ1) is 15.9. The van der Waals surface area contributed by atoms with Crippen LogP contribution in [0.5, 0.6) is 0 Å². The average molecular weight is 298 g/mol. The van der Waals surface area contributed by atoms with Gasteiger partial charge in [-0.2, -0.15) is 0 Å². The molecule has 108 valence electrons. The molecule has 0 aromatic heterocycles. The van der Waals surface area contributed by atoms with Gasteiger partial charge >= 0.3 is 5.97 Å². The van der Waals surface area contributed by atoms with Crippen LogP contribution < -0.4 is 10.5 Å². The Balaban J connectivity index is 2.60. The first-order chi connectivity index (χ1) is 9.34. The Morgan fingerprint density at radius 3 is 2.40 bits per heavy atom. The number of carbonyl (C=O) groups excluding carboxylic acids is 2. The van der Waals surface area contributed by atoms with Crippen LogP contribution in [0.15, 0.2) is 41.8 Å². The summed E-state index contributed by atoms with van der Waals surface area (Å²) in [6.45, 7) is 3.27. The second-order valence-corrected chi connectivity index (χ2v) is 5.30. The number of nitrogens with two attached hydrogens (primary N) is 1. The van der Waals surface area contributed by atoms with Crippen molar-refractivity contribution >= 4 is 21.9 Å². The number of rotatable bonds is 6. The van der Waals surface area contributed by atoms with E-state index in [9.17, 15) is 18.0 Å². The van der Waals surface area contributed by atoms with Crippen molar-refractivity contribution in [1.82, 2.24) is 5.32 Å². The molecule has 1 aromatic rings. The minimum absolute atomic E-state index is 0.113. The summed E-state index contributed by atoms with van der Waals surface area (Å²) in [5.41, 5.74) is 0.119. The third-order valence-corrected chi connectivity index (χ3v) is 3.13. The summed E-state index contributed by atoms with van der Waals surface area (Å²) in [5, 5.41) is 7.36. The lowest BCUT2D eigenvalue weighted by Gasteiger charge is -2.05. The topological polar surface area (TPSA) is 116 Å². The molecule has 0 aliphatic heterocycles.